The lowest BCUT2D eigenvalue weighted by molar-refractivity contribution is 0.129. The average Bonchev–Trinajstić information content (AvgIpc) is 2.44. The monoisotopic (exact) mass is 259 g/mol. The van der Waals surface area contributed by atoms with E-state index < -0.39 is 0 Å². The lowest BCUT2D eigenvalue weighted by atomic mass is 10.1. The van der Waals surface area contributed by atoms with Gasteiger partial charge in [-0.1, -0.05) is 18.2 Å². The minimum absolute atomic E-state index is 0.180. The summed E-state index contributed by atoms with van der Waals surface area (Å²) in [5.41, 5.74) is 3.16. The summed E-state index contributed by atoms with van der Waals surface area (Å²) in [7, 11) is 3.65. The molecule has 0 saturated carbocycles. The van der Waals surface area contributed by atoms with Crippen molar-refractivity contribution in [3.63, 3.8) is 0 Å². The van der Waals surface area contributed by atoms with Crippen molar-refractivity contribution in [3.8, 4) is 0 Å². The van der Waals surface area contributed by atoms with Crippen LogP contribution in [0.25, 0.3) is 10.9 Å². The number of benzene rings is 1. The van der Waals surface area contributed by atoms with E-state index in [0.717, 1.165) is 35.4 Å². The molecule has 1 atom stereocenters. The highest BCUT2D eigenvalue weighted by atomic mass is 16.5. The highest BCUT2D eigenvalue weighted by molar-refractivity contribution is 5.91. The summed E-state index contributed by atoms with van der Waals surface area (Å²) >= 11 is 0. The third-order valence-corrected chi connectivity index (χ3v) is 3.11. The van der Waals surface area contributed by atoms with E-state index >= 15 is 0 Å². The number of hydrogen-bond donors (Lipinski definition) is 2. The molecule has 1 aromatic carbocycles. The predicted molar refractivity (Wildman–Crippen MR) is 79.5 cm³/mol. The standard InChI is InChI=1S/C15H21N3O/c1-11(19-3)9-17-15-8-12(10-16-2)18-14-7-5-4-6-13(14)15/h4-8,11,16H,9-10H2,1-3H3,(H,17,18). The van der Waals surface area contributed by atoms with Crippen LogP contribution < -0.4 is 10.6 Å². The fourth-order valence-electron chi connectivity index (χ4n) is 1.99. The van der Waals surface area contributed by atoms with Crippen molar-refractivity contribution in [2.24, 2.45) is 0 Å². The molecule has 0 aliphatic rings. The van der Waals surface area contributed by atoms with Crippen molar-refractivity contribution < 1.29 is 4.74 Å². The van der Waals surface area contributed by atoms with E-state index in [0.29, 0.717) is 0 Å². The number of aromatic nitrogens is 1. The number of anilines is 1. The Bertz CT molecular complexity index is 542. The van der Waals surface area contributed by atoms with Crippen molar-refractivity contribution in [2.45, 2.75) is 19.6 Å². The SMILES string of the molecule is CNCc1cc(NCC(C)OC)c2ccccc2n1. The zero-order valence-electron chi connectivity index (χ0n) is 11.7. The van der Waals surface area contributed by atoms with Gasteiger partial charge in [0.2, 0.25) is 0 Å². The second kappa shape index (κ2) is 6.50. The van der Waals surface area contributed by atoms with Crippen LogP contribution in [-0.4, -0.2) is 31.8 Å². The number of methoxy groups -OCH3 is 1. The first-order valence-corrected chi connectivity index (χ1v) is 6.54. The van der Waals surface area contributed by atoms with Gasteiger partial charge in [-0.2, -0.15) is 0 Å². The summed E-state index contributed by atoms with van der Waals surface area (Å²) in [6.45, 7) is 3.59. The number of nitrogens with zero attached hydrogens (tertiary/aromatic N) is 1. The number of rotatable bonds is 6. The van der Waals surface area contributed by atoms with Gasteiger partial charge < -0.3 is 15.4 Å². The highest BCUT2D eigenvalue weighted by Gasteiger charge is 2.06. The molecule has 1 unspecified atom stereocenters. The summed E-state index contributed by atoms with van der Waals surface area (Å²) < 4.78 is 5.27. The highest BCUT2D eigenvalue weighted by Crippen LogP contribution is 2.23. The van der Waals surface area contributed by atoms with Crippen LogP contribution in [0.15, 0.2) is 30.3 Å². The molecule has 2 N–H and O–H groups in total. The molecule has 4 nitrogen and oxygen atoms in total. The van der Waals surface area contributed by atoms with Gasteiger partial charge in [-0.25, -0.2) is 0 Å². The number of para-hydroxylation sites is 1. The Morgan fingerprint density at radius 3 is 2.84 bits per heavy atom. The zero-order chi connectivity index (χ0) is 13.7. The van der Waals surface area contributed by atoms with E-state index in [1.807, 2.05) is 32.2 Å². The third-order valence-electron chi connectivity index (χ3n) is 3.11. The molecule has 0 aliphatic carbocycles. The van der Waals surface area contributed by atoms with E-state index in [1.54, 1.807) is 7.11 Å². The second-order valence-corrected chi connectivity index (χ2v) is 4.64. The van der Waals surface area contributed by atoms with Gasteiger partial charge in [0.15, 0.2) is 0 Å². The Kier molecular flexibility index (Phi) is 4.71. The largest absolute Gasteiger partial charge is 0.382 e. The van der Waals surface area contributed by atoms with Crippen molar-refractivity contribution in [1.82, 2.24) is 10.3 Å². The number of fused-ring (bicyclic) bond motifs is 1. The number of nitrogens with one attached hydrogen (secondary N) is 2. The molecular weight excluding hydrogens is 238 g/mol. The quantitative estimate of drug-likeness (QED) is 0.836. The predicted octanol–water partition coefficient (Wildman–Crippen LogP) is 2.40. The van der Waals surface area contributed by atoms with E-state index in [1.165, 1.54) is 0 Å². The molecule has 0 fully saturated rings. The summed E-state index contributed by atoms with van der Waals surface area (Å²) in [6.07, 6.45) is 0.180. The van der Waals surface area contributed by atoms with Gasteiger partial charge in [-0.3, -0.25) is 4.98 Å². The van der Waals surface area contributed by atoms with E-state index in [-0.39, 0.29) is 6.10 Å². The van der Waals surface area contributed by atoms with Crippen molar-refractivity contribution in [1.29, 1.82) is 0 Å². The molecule has 19 heavy (non-hydrogen) atoms. The van der Waals surface area contributed by atoms with E-state index in [4.69, 9.17) is 4.74 Å². The summed E-state index contributed by atoms with van der Waals surface area (Å²) in [5.74, 6) is 0. The summed E-state index contributed by atoms with van der Waals surface area (Å²) in [5, 5.41) is 7.73. The molecule has 1 aromatic heterocycles. The van der Waals surface area contributed by atoms with Crippen LogP contribution in [-0.2, 0) is 11.3 Å². The van der Waals surface area contributed by atoms with Crippen LogP contribution >= 0.6 is 0 Å². The Balaban J connectivity index is 2.33. The Morgan fingerprint density at radius 2 is 2.11 bits per heavy atom. The smallest absolute Gasteiger partial charge is 0.0726 e. The Hall–Kier alpha value is -1.65. The van der Waals surface area contributed by atoms with E-state index in [2.05, 4.69) is 27.8 Å². The molecule has 102 valence electrons. The zero-order valence-corrected chi connectivity index (χ0v) is 11.7. The van der Waals surface area contributed by atoms with Gasteiger partial charge in [0.1, 0.15) is 0 Å². The van der Waals surface area contributed by atoms with Crippen LogP contribution in [0.5, 0.6) is 0 Å². The fraction of sp³-hybridized carbons (Fsp3) is 0.400. The van der Waals surface area contributed by atoms with Crippen LogP contribution in [0.4, 0.5) is 5.69 Å². The van der Waals surface area contributed by atoms with Crippen LogP contribution in [0, 0.1) is 0 Å². The molecule has 2 aromatic rings. The molecule has 2 rings (SSSR count). The first kappa shape index (κ1) is 13.8. The number of ether oxygens (including phenoxy) is 1. The maximum atomic E-state index is 5.27. The molecular formula is C15H21N3O. The number of pyridine rings is 1. The summed E-state index contributed by atoms with van der Waals surface area (Å²) in [6, 6.07) is 10.3. The lowest BCUT2D eigenvalue weighted by Gasteiger charge is -2.15. The maximum Gasteiger partial charge on any atom is 0.0726 e. The van der Waals surface area contributed by atoms with E-state index in [9.17, 15) is 0 Å². The first-order chi connectivity index (χ1) is 9.24. The first-order valence-electron chi connectivity index (χ1n) is 6.54. The lowest BCUT2D eigenvalue weighted by Crippen LogP contribution is -2.18. The Labute approximate surface area is 114 Å². The maximum absolute atomic E-state index is 5.27. The van der Waals surface area contributed by atoms with Crippen molar-refractivity contribution in [2.75, 3.05) is 26.0 Å². The van der Waals surface area contributed by atoms with Gasteiger partial charge in [-0.15, -0.1) is 0 Å². The van der Waals surface area contributed by atoms with Gasteiger partial charge >= 0.3 is 0 Å². The van der Waals surface area contributed by atoms with Crippen LogP contribution in [0.3, 0.4) is 0 Å². The summed E-state index contributed by atoms with van der Waals surface area (Å²) in [4.78, 5) is 4.64. The molecule has 0 bridgehead atoms. The van der Waals surface area contributed by atoms with Gasteiger partial charge in [0, 0.05) is 31.3 Å². The molecule has 0 saturated heterocycles. The molecule has 4 heteroatoms. The van der Waals surface area contributed by atoms with Crippen molar-refractivity contribution in [3.05, 3.63) is 36.0 Å². The fourth-order valence-corrected chi connectivity index (χ4v) is 1.99. The normalized spacial score (nSPS) is 12.6. The van der Waals surface area contributed by atoms with Crippen LogP contribution in [0.2, 0.25) is 0 Å². The van der Waals surface area contributed by atoms with Crippen molar-refractivity contribution >= 4 is 16.6 Å². The minimum atomic E-state index is 0.180. The van der Waals surface area contributed by atoms with Crippen LogP contribution in [0.1, 0.15) is 12.6 Å². The topological polar surface area (TPSA) is 46.2 Å². The minimum Gasteiger partial charge on any atom is -0.382 e. The Morgan fingerprint density at radius 1 is 1.32 bits per heavy atom. The third kappa shape index (κ3) is 3.43. The molecule has 0 aliphatic heterocycles. The second-order valence-electron chi connectivity index (χ2n) is 4.64. The molecule has 0 spiro atoms. The van der Waals surface area contributed by atoms with Gasteiger partial charge in [-0.05, 0) is 26.1 Å². The average molecular weight is 259 g/mol. The van der Waals surface area contributed by atoms with Gasteiger partial charge in [0.25, 0.3) is 0 Å². The van der Waals surface area contributed by atoms with Gasteiger partial charge in [0.05, 0.1) is 17.3 Å². The number of hydrogen-bond acceptors (Lipinski definition) is 4. The molecule has 0 radical (unpaired) electrons. The molecule has 1 heterocycles. The molecule has 0 amide bonds.